The largest absolute Gasteiger partial charge is 0.481 e. The second-order valence-corrected chi connectivity index (χ2v) is 7.53. The predicted octanol–water partition coefficient (Wildman–Crippen LogP) is 6.22. The van der Waals surface area contributed by atoms with E-state index in [1.54, 1.807) is 0 Å². The van der Waals surface area contributed by atoms with E-state index in [1.165, 1.54) is 21.5 Å². The van der Waals surface area contributed by atoms with Crippen LogP contribution in [0.2, 0.25) is 0 Å². The SMILES string of the molecule is CCCC(=O)OC(CCCC(=O)O)c1ccc2ccc3cccc4ccc1c2c34. The van der Waals surface area contributed by atoms with Crippen molar-refractivity contribution in [2.45, 2.75) is 45.1 Å². The highest BCUT2D eigenvalue weighted by molar-refractivity contribution is 6.23. The van der Waals surface area contributed by atoms with Gasteiger partial charge in [-0.1, -0.05) is 61.5 Å². The van der Waals surface area contributed by atoms with Crippen molar-refractivity contribution >= 4 is 44.3 Å². The fourth-order valence-corrected chi connectivity index (χ4v) is 4.18. The monoisotopic (exact) mass is 388 g/mol. The molecule has 0 saturated carbocycles. The molecule has 29 heavy (non-hydrogen) atoms. The number of carbonyl (C=O) groups excluding carboxylic acids is 1. The standard InChI is InChI=1S/C25H24O4/c1-2-5-23(28)29-21(8-4-9-22(26)27)19-14-12-18-11-10-16-6-3-7-17-13-15-20(19)25(18)24(16)17/h3,6-7,10-15,21H,2,4-5,8-9H2,1H3,(H,26,27). The number of hydrogen-bond donors (Lipinski definition) is 1. The van der Waals surface area contributed by atoms with Crippen molar-refractivity contribution in [1.29, 1.82) is 0 Å². The van der Waals surface area contributed by atoms with Crippen LogP contribution in [0.3, 0.4) is 0 Å². The molecule has 0 bridgehead atoms. The van der Waals surface area contributed by atoms with Crippen LogP contribution in [0, 0.1) is 0 Å². The Morgan fingerprint density at radius 3 is 2.24 bits per heavy atom. The molecule has 0 fully saturated rings. The maximum absolute atomic E-state index is 12.3. The third kappa shape index (κ3) is 3.75. The van der Waals surface area contributed by atoms with Crippen LogP contribution in [-0.4, -0.2) is 17.0 Å². The molecule has 0 saturated heterocycles. The Kier molecular flexibility index (Phi) is 5.34. The zero-order valence-corrected chi connectivity index (χ0v) is 16.5. The molecule has 1 atom stereocenters. The van der Waals surface area contributed by atoms with Crippen LogP contribution in [0.5, 0.6) is 0 Å². The number of hydrogen-bond acceptors (Lipinski definition) is 3. The molecule has 0 amide bonds. The van der Waals surface area contributed by atoms with Gasteiger partial charge in [-0.3, -0.25) is 9.59 Å². The molecule has 0 aliphatic heterocycles. The lowest BCUT2D eigenvalue weighted by atomic mass is 9.89. The fourth-order valence-electron chi connectivity index (χ4n) is 4.18. The lowest BCUT2D eigenvalue weighted by Crippen LogP contribution is -2.12. The van der Waals surface area contributed by atoms with Crippen molar-refractivity contribution in [2.75, 3.05) is 0 Å². The predicted molar refractivity (Wildman–Crippen MR) is 115 cm³/mol. The van der Waals surface area contributed by atoms with E-state index in [0.717, 1.165) is 22.8 Å². The maximum atomic E-state index is 12.3. The Labute approximate surface area is 169 Å². The molecule has 148 valence electrons. The molecule has 4 rings (SSSR count). The number of carboxylic acid groups (broad SMARTS) is 1. The Morgan fingerprint density at radius 1 is 0.897 bits per heavy atom. The topological polar surface area (TPSA) is 63.6 Å². The number of benzene rings is 4. The van der Waals surface area contributed by atoms with E-state index in [9.17, 15) is 9.59 Å². The highest BCUT2D eigenvalue weighted by Gasteiger charge is 2.21. The van der Waals surface area contributed by atoms with E-state index in [-0.39, 0.29) is 12.4 Å². The van der Waals surface area contributed by atoms with Gasteiger partial charge in [0.1, 0.15) is 6.10 Å². The zero-order valence-electron chi connectivity index (χ0n) is 16.5. The lowest BCUT2D eigenvalue weighted by Gasteiger charge is -2.21. The highest BCUT2D eigenvalue weighted by atomic mass is 16.5. The average molecular weight is 388 g/mol. The first-order valence-electron chi connectivity index (χ1n) is 10.2. The van der Waals surface area contributed by atoms with Crippen LogP contribution in [-0.2, 0) is 14.3 Å². The molecule has 1 unspecified atom stereocenters. The molecule has 4 aromatic carbocycles. The first kappa shape index (κ1) is 19.2. The lowest BCUT2D eigenvalue weighted by molar-refractivity contribution is -0.149. The van der Waals surface area contributed by atoms with Gasteiger partial charge in [-0.15, -0.1) is 0 Å². The summed E-state index contributed by atoms with van der Waals surface area (Å²) in [6, 6.07) is 18.8. The molecular formula is C25H24O4. The van der Waals surface area contributed by atoms with Crippen molar-refractivity contribution in [1.82, 2.24) is 0 Å². The van der Waals surface area contributed by atoms with Gasteiger partial charge < -0.3 is 9.84 Å². The quantitative estimate of drug-likeness (QED) is 0.287. The summed E-state index contributed by atoms with van der Waals surface area (Å²) in [5.41, 5.74) is 0.950. The zero-order chi connectivity index (χ0) is 20.4. The van der Waals surface area contributed by atoms with Gasteiger partial charge in [0, 0.05) is 18.4 Å². The average Bonchev–Trinajstić information content (AvgIpc) is 2.71. The molecule has 0 radical (unpaired) electrons. The van der Waals surface area contributed by atoms with Gasteiger partial charge in [0.25, 0.3) is 0 Å². The highest BCUT2D eigenvalue weighted by Crippen LogP contribution is 2.39. The molecule has 4 aromatic rings. The van der Waals surface area contributed by atoms with Gasteiger partial charge >= 0.3 is 11.9 Å². The van der Waals surface area contributed by atoms with Crippen LogP contribution in [0.15, 0.2) is 54.6 Å². The Balaban J connectivity index is 1.83. The first-order valence-corrected chi connectivity index (χ1v) is 10.2. The number of rotatable bonds is 8. The molecule has 1 N–H and O–H groups in total. The van der Waals surface area contributed by atoms with Crippen LogP contribution in [0.1, 0.15) is 50.7 Å². The number of esters is 1. The summed E-state index contributed by atoms with van der Waals surface area (Å²) in [5, 5.41) is 16.0. The van der Waals surface area contributed by atoms with Crippen molar-refractivity contribution < 1.29 is 19.4 Å². The maximum Gasteiger partial charge on any atom is 0.306 e. The Hall–Kier alpha value is -3.14. The smallest absolute Gasteiger partial charge is 0.306 e. The van der Waals surface area contributed by atoms with Gasteiger partial charge in [-0.25, -0.2) is 0 Å². The second kappa shape index (κ2) is 8.08. The summed E-state index contributed by atoms with van der Waals surface area (Å²) in [6.45, 7) is 1.94. The second-order valence-electron chi connectivity index (χ2n) is 7.53. The molecule has 0 aliphatic rings. The summed E-state index contributed by atoms with van der Waals surface area (Å²) >= 11 is 0. The molecule has 0 aliphatic carbocycles. The van der Waals surface area contributed by atoms with Gasteiger partial charge in [0.2, 0.25) is 0 Å². The summed E-state index contributed by atoms with van der Waals surface area (Å²) in [5.74, 6) is -1.07. The van der Waals surface area contributed by atoms with E-state index in [0.29, 0.717) is 19.3 Å². The van der Waals surface area contributed by atoms with Crippen LogP contribution in [0.4, 0.5) is 0 Å². The van der Waals surface area contributed by atoms with Gasteiger partial charge in [-0.2, -0.15) is 0 Å². The van der Waals surface area contributed by atoms with Crippen LogP contribution >= 0.6 is 0 Å². The summed E-state index contributed by atoms with van der Waals surface area (Å²) in [7, 11) is 0. The van der Waals surface area contributed by atoms with E-state index >= 15 is 0 Å². The number of carbonyl (C=O) groups is 2. The number of ether oxygens (including phenoxy) is 1. The van der Waals surface area contributed by atoms with Crippen molar-refractivity contribution in [2.24, 2.45) is 0 Å². The summed E-state index contributed by atoms with van der Waals surface area (Å²) in [4.78, 5) is 23.2. The minimum absolute atomic E-state index is 0.0632. The van der Waals surface area contributed by atoms with E-state index < -0.39 is 12.1 Å². The van der Waals surface area contributed by atoms with Crippen molar-refractivity contribution in [3.05, 3.63) is 60.2 Å². The third-order valence-corrected chi connectivity index (χ3v) is 5.49. The van der Waals surface area contributed by atoms with Crippen molar-refractivity contribution in [3.8, 4) is 0 Å². The van der Waals surface area contributed by atoms with E-state index in [1.807, 2.05) is 13.0 Å². The first-order chi connectivity index (χ1) is 14.1. The minimum Gasteiger partial charge on any atom is -0.481 e. The molecule has 0 spiro atoms. The molecule has 4 heteroatoms. The third-order valence-electron chi connectivity index (χ3n) is 5.49. The van der Waals surface area contributed by atoms with E-state index in [2.05, 4.69) is 48.5 Å². The summed E-state index contributed by atoms with van der Waals surface area (Å²) in [6.07, 6.45) is 1.65. The van der Waals surface area contributed by atoms with E-state index in [4.69, 9.17) is 9.84 Å². The fraction of sp³-hybridized carbons (Fsp3) is 0.280. The number of aliphatic carboxylic acids is 1. The number of carboxylic acids is 1. The van der Waals surface area contributed by atoms with Gasteiger partial charge in [-0.05, 0) is 51.6 Å². The van der Waals surface area contributed by atoms with Crippen LogP contribution < -0.4 is 0 Å². The Morgan fingerprint density at radius 2 is 1.55 bits per heavy atom. The summed E-state index contributed by atoms with van der Waals surface area (Å²) < 4.78 is 5.82. The van der Waals surface area contributed by atoms with Gasteiger partial charge in [0.05, 0.1) is 0 Å². The van der Waals surface area contributed by atoms with Gasteiger partial charge in [0.15, 0.2) is 0 Å². The Bertz CT molecular complexity index is 1160. The molecule has 4 nitrogen and oxygen atoms in total. The molecule has 0 aromatic heterocycles. The minimum atomic E-state index is -0.834. The normalized spacial score (nSPS) is 12.6. The van der Waals surface area contributed by atoms with Crippen molar-refractivity contribution in [3.63, 3.8) is 0 Å². The van der Waals surface area contributed by atoms with Crippen LogP contribution in [0.25, 0.3) is 32.3 Å². The molecule has 0 heterocycles. The molecular weight excluding hydrogens is 364 g/mol.